The van der Waals surface area contributed by atoms with Gasteiger partial charge in [-0.05, 0) is 38.5 Å². The minimum Gasteiger partial charge on any atom is -0.370 e. The number of carbonyl (C=O) groups excluding carboxylic acids is 1. The highest BCUT2D eigenvalue weighted by Crippen LogP contribution is 2.36. The van der Waals surface area contributed by atoms with Gasteiger partial charge in [0.25, 0.3) is 0 Å². The zero-order valence-corrected chi connectivity index (χ0v) is 10.1. The summed E-state index contributed by atoms with van der Waals surface area (Å²) in [5.41, 5.74) is 0.417. The van der Waals surface area contributed by atoms with Gasteiger partial charge in [-0.1, -0.05) is 19.1 Å². The molecule has 0 spiro atoms. The Hall–Kier alpha value is -0.630. The lowest BCUT2D eigenvalue weighted by atomic mass is 9.76. The first-order valence-corrected chi connectivity index (χ1v) is 5.73. The van der Waals surface area contributed by atoms with Gasteiger partial charge < -0.3 is 4.74 Å². The summed E-state index contributed by atoms with van der Waals surface area (Å²) in [5, 5.41) is 0. The van der Waals surface area contributed by atoms with Crippen LogP contribution < -0.4 is 0 Å². The first kappa shape index (κ1) is 12.4. The molecule has 0 saturated heterocycles. The summed E-state index contributed by atoms with van der Waals surface area (Å²) < 4.78 is 5.50. The van der Waals surface area contributed by atoms with Crippen molar-refractivity contribution in [3.05, 3.63) is 12.2 Å². The van der Waals surface area contributed by atoms with Crippen LogP contribution in [0.2, 0.25) is 0 Å². The van der Waals surface area contributed by atoms with Crippen LogP contribution in [0.5, 0.6) is 0 Å². The first-order chi connectivity index (χ1) is 7.00. The molecule has 0 unspecified atom stereocenters. The van der Waals surface area contributed by atoms with Crippen molar-refractivity contribution in [2.24, 2.45) is 5.92 Å². The Labute approximate surface area is 92.7 Å². The fourth-order valence-electron chi connectivity index (χ4n) is 2.26. The molecule has 0 amide bonds. The molecule has 0 aromatic rings. The van der Waals surface area contributed by atoms with Gasteiger partial charge in [0.15, 0.2) is 5.78 Å². The normalized spacial score (nSPS) is 31.3. The number of Topliss-reactive ketones (excluding diaryl/α,β-unsaturated/α-hetero) is 1. The highest BCUT2D eigenvalue weighted by molar-refractivity contribution is 5.89. The van der Waals surface area contributed by atoms with Crippen LogP contribution in [-0.2, 0) is 9.53 Å². The molecule has 1 rings (SSSR count). The number of ether oxygens (including phenoxy) is 1. The van der Waals surface area contributed by atoms with Crippen molar-refractivity contribution in [1.82, 2.24) is 0 Å². The summed E-state index contributed by atoms with van der Waals surface area (Å²) in [4.78, 5) is 12.1. The van der Waals surface area contributed by atoms with Gasteiger partial charge in [0.05, 0.1) is 0 Å². The molecule has 1 fully saturated rings. The number of rotatable bonds is 4. The predicted octanol–water partition coefficient (Wildman–Crippen LogP) is 3.12. The SMILES string of the molecule is C=C(C)CC(=O)C1(OC)CCC(C)CC1. The molecular weight excluding hydrogens is 188 g/mol. The number of hydrogen-bond acceptors (Lipinski definition) is 2. The zero-order chi connectivity index (χ0) is 11.5. The van der Waals surface area contributed by atoms with Crippen LogP contribution in [-0.4, -0.2) is 18.5 Å². The van der Waals surface area contributed by atoms with Crippen LogP contribution >= 0.6 is 0 Å². The molecular formula is C13H22O2. The van der Waals surface area contributed by atoms with Gasteiger partial charge in [0.1, 0.15) is 5.60 Å². The second kappa shape index (κ2) is 4.93. The second-order valence-corrected chi connectivity index (χ2v) is 4.94. The molecule has 1 saturated carbocycles. The third-order valence-electron chi connectivity index (χ3n) is 3.44. The van der Waals surface area contributed by atoms with E-state index >= 15 is 0 Å². The first-order valence-electron chi connectivity index (χ1n) is 5.73. The lowest BCUT2D eigenvalue weighted by Crippen LogP contribution is -2.43. The molecule has 0 aromatic heterocycles. The van der Waals surface area contributed by atoms with E-state index in [0.717, 1.165) is 37.2 Å². The number of hydrogen-bond donors (Lipinski definition) is 0. The fraction of sp³-hybridized carbons (Fsp3) is 0.769. The lowest BCUT2D eigenvalue weighted by Gasteiger charge is -2.37. The average Bonchev–Trinajstić information content (AvgIpc) is 2.18. The van der Waals surface area contributed by atoms with Gasteiger partial charge in [-0.3, -0.25) is 4.79 Å². The molecule has 2 heteroatoms. The quantitative estimate of drug-likeness (QED) is 0.666. The molecule has 15 heavy (non-hydrogen) atoms. The summed E-state index contributed by atoms with van der Waals surface area (Å²) in [6.45, 7) is 7.93. The Kier molecular flexibility index (Phi) is 4.09. The van der Waals surface area contributed by atoms with Crippen molar-refractivity contribution in [1.29, 1.82) is 0 Å². The fourth-order valence-corrected chi connectivity index (χ4v) is 2.26. The van der Waals surface area contributed by atoms with Gasteiger partial charge in [-0.15, -0.1) is 0 Å². The third-order valence-corrected chi connectivity index (χ3v) is 3.44. The summed E-state index contributed by atoms with van der Waals surface area (Å²) in [5.74, 6) is 0.940. The molecule has 0 radical (unpaired) electrons. The monoisotopic (exact) mass is 210 g/mol. The van der Waals surface area contributed by atoms with E-state index in [1.165, 1.54) is 0 Å². The largest absolute Gasteiger partial charge is 0.370 e. The maximum absolute atomic E-state index is 12.1. The highest BCUT2D eigenvalue weighted by Gasteiger charge is 2.40. The Bertz CT molecular complexity index is 247. The van der Waals surface area contributed by atoms with E-state index in [2.05, 4.69) is 13.5 Å². The van der Waals surface area contributed by atoms with E-state index < -0.39 is 5.60 Å². The molecule has 0 aliphatic heterocycles. The van der Waals surface area contributed by atoms with E-state index in [1.54, 1.807) is 7.11 Å². The molecule has 2 nitrogen and oxygen atoms in total. The van der Waals surface area contributed by atoms with Crippen LogP contribution in [0.15, 0.2) is 12.2 Å². The topological polar surface area (TPSA) is 26.3 Å². The lowest BCUT2D eigenvalue weighted by molar-refractivity contribution is -0.145. The summed E-state index contributed by atoms with van der Waals surface area (Å²) in [6, 6.07) is 0. The van der Waals surface area contributed by atoms with Crippen molar-refractivity contribution in [3.63, 3.8) is 0 Å². The van der Waals surface area contributed by atoms with Crippen LogP contribution in [0.3, 0.4) is 0 Å². The van der Waals surface area contributed by atoms with Crippen molar-refractivity contribution in [2.45, 2.75) is 51.6 Å². The van der Waals surface area contributed by atoms with E-state index in [0.29, 0.717) is 6.42 Å². The van der Waals surface area contributed by atoms with E-state index in [4.69, 9.17) is 4.74 Å². The van der Waals surface area contributed by atoms with Crippen LogP contribution in [0.25, 0.3) is 0 Å². The van der Waals surface area contributed by atoms with Gasteiger partial charge in [-0.25, -0.2) is 0 Å². The van der Waals surface area contributed by atoms with Gasteiger partial charge in [0.2, 0.25) is 0 Å². The second-order valence-electron chi connectivity index (χ2n) is 4.94. The smallest absolute Gasteiger partial charge is 0.168 e. The Morgan fingerprint density at radius 1 is 1.47 bits per heavy atom. The number of methoxy groups -OCH3 is 1. The van der Waals surface area contributed by atoms with Crippen molar-refractivity contribution in [2.75, 3.05) is 7.11 Å². The maximum Gasteiger partial charge on any atom is 0.168 e. The van der Waals surface area contributed by atoms with Crippen molar-refractivity contribution >= 4 is 5.78 Å². The van der Waals surface area contributed by atoms with Crippen LogP contribution in [0, 0.1) is 5.92 Å². The summed E-state index contributed by atoms with van der Waals surface area (Å²) in [6.07, 6.45) is 4.39. The number of ketones is 1. The molecule has 0 aromatic carbocycles. The minimum atomic E-state index is -0.508. The Balaban J connectivity index is 2.68. The molecule has 0 bridgehead atoms. The average molecular weight is 210 g/mol. The van der Waals surface area contributed by atoms with E-state index in [9.17, 15) is 4.79 Å². The maximum atomic E-state index is 12.1. The molecule has 1 aliphatic rings. The predicted molar refractivity (Wildman–Crippen MR) is 61.8 cm³/mol. The van der Waals surface area contributed by atoms with Gasteiger partial charge in [-0.2, -0.15) is 0 Å². The van der Waals surface area contributed by atoms with Gasteiger partial charge >= 0.3 is 0 Å². The molecule has 0 N–H and O–H groups in total. The van der Waals surface area contributed by atoms with Crippen molar-refractivity contribution < 1.29 is 9.53 Å². The molecule has 1 aliphatic carbocycles. The molecule has 0 atom stereocenters. The highest BCUT2D eigenvalue weighted by atomic mass is 16.5. The van der Waals surface area contributed by atoms with Gasteiger partial charge in [0, 0.05) is 13.5 Å². The van der Waals surface area contributed by atoms with Crippen LogP contribution in [0.4, 0.5) is 0 Å². The Morgan fingerprint density at radius 3 is 2.40 bits per heavy atom. The van der Waals surface area contributed by atoms with E-state index in [1.807, 2.05) is 6.92 Å². The summed E-state index contributed by atoms with van der Waals surface area (Å²) >= 11 is 0. The standard InChI is InChI=1S/C13H22O2/c1-10(2)9-12(14)13(15-4)7-5-11(3)6-8-13/h11H,1,5-9H2,2-4H3. The molecule has 86 valence electrons. The third kappa shape index (κ3) is 2.91. The van der Waals surface area contributed by atoms with Crippen LogP contribution in [0.1, 0.15) is 46.0 Å². The van der Waals surface area contributed by atoms with Crippen molar-refractivity contribution in [3.8, 4) is 0 Å². The number of carbonyl (C=O) groups is 1. The number of allylic oxidation sites excluding steroid dienone is 1. The molecule has 0 heterocycles. The summed E-state index contributed by atoms with van der Waals surface area (Å²) in [7, 11) is 1.66. The van der Waals surface area contributed by atoms with E-state index in [-0.39, 0.29) is 5.78 Å². The Morgan fingerprint density at radius 2 is 2.00 bits per heavy atom. The zero-order valence-electron chi connectivity index (χ0n) is 10.1. The minimum absolute atomic E-state index is 0.212.